The van der Waals surface area contributed by atoms with E-state index in [1.165, 1.54) is 10.1 Å². The van der Waals surface area contributed by atoms with Gasteiger partial charge in [0.25, 0.3) is 0 Å². The van der Waals surface area contributed by atoms with Gasteiger partial charge in [-0.15, -0.1) is 5.10 Å². The maximum Gasteiger partial charge on any atom is 0.348 e. The van der Waals surface area contributed by atoms with Gasteiger partial charge in [0.2, 0.25) is 0 Å². The minimum absolute atomic E-state index is 0.236. The highest BCUT2D eigenvalue weighted by Crippen LogP contribution is 2.23. The zero-order valence-corrected chi connectivity index (χ0v) is 14.1. The first-order valence-corrected chi connectivity index (χ1v) is 8.69. The highest BCUT2D eigenvalue weighted by atomic mass is 16.1. The van der Waals surface area contributed by atoms with E-state index in [9.17, 15) is 4.79 Å². The summed E-state index contributed by atoms with van der Waals surface area (Å²) >= 11 is 0. The van der Waals surface area contributed by atoms with Gasteiger partial charge in [-0.1, -0.05) is 30.3 Å². The van der Waals surface area contributed by atoms with E-state index in [4.69, 9.17) is 0 Å². The third-order valence-corrected chi connectivity index (χ3v) is 4.84. The fraction of sp³-hybridized carbons (Fsp3) is 0.211. The van der Waals surface area contributed by atoms with Gasteiger partial charge >= 0.3 is 5.69 Å². The number of nitrogens with one attached hydrogen (secondary N) is 2. The molecular formula is C19H18N6O. The number of H-pyrrole nitrogens is 2. The number of aromatic nitrogens is 5. The summed E-state index contributed by atoms with van der Waals surface area (Å²) in [5.74, 6) is 0.536. The van der Waals surface area contributed by atoms with Crippen molar-refractivity contribution >= 4 is 5.65 Å². The van der Waals surface area contributed by atoms with E-state index in [0.29, 0.717) is 11.5 Å². The van der Waals surface area contributed by atoms with Crippen molar-refractivity contribution in [1.82, 2.24) is 29.5 Å². The lowest BCUT2D eigenvalue weighted by Crippen LogP contribution is -2.34. The number of hydrogen-bond acceptors (Lipinski definition) is 4. The standard InChI is InChI=1S/C19H18N6O/c26-19-21-15-8-10-24(11-13-5-2-1-3-6-13)12-14(15)18-22-17(23-25(18)19)16-7-4-9-20-16/h1-7,9,20H,8,10-12H2,(H,21,26). The molecule has 1 aromatic carbocycles. The maximum absolute atomic E-state index is 12.4. The van der Waals surface area contributed by atoms with Gasteiger partial charge in [-0.2, -0.15) is 4.52 Å². The Morgan fingerprint density at radius 2 is 2.00 bits per heavy atom. The lowest BCUT2D eigenvalue weighted by Gasteiger charge is -2.28. The molecule has 0 saturated carbocycles. The molecule has 0 saturated heterocycles. The molecule has 0 bridgehead atoms. The Labute approximate surface area is 149 Å². The van der Waals surface area contributed by atoms with E-state index in [1.54, 1.807) is 0 Å². The van der Waals surface area contributed by atoms with Crippen LogP contribution in [0.3, 0.4) is 0 Å². The molecule has 0 aliphatic carbocycles. The predicted molar refractivity (Wildman–Crippen MR) is 97.7 cm³/mol. The Morgan fingerprint density at radius 3 is 2.81 bits per heavy atom. The molecule has 0 unspecified atom stereocenters. The van der Waals surface area contributed by atoms with Gasteiger partial charge in [0.15, 0.2) is 11.5 Å². The molecule has 5 rings (SSSR count). The third-order valence-electron chi connectivity index (χ3n) is 4.84. The molecule has 7 nitrogen and oxygen atoms in total. The fourth-order valence-corrected chi connectivity index (χ4v) is 3.55. The van der Waals surface area contributed by atoms with Crippen LogP contribution in [0, 0.1) is 0 Å². The summed E-state index contributed by atoms with van der Waals surface area (Å²) in [4.78, 5) is 25.5. The SMILES string of the molecule is O=c1[nH]c2c(c3nc(-c4ccc[nH]4)nn13)CN(Cc1ccccc1)CC2. The van der Waals surface area contributed by atoms with Crippen molar-refractivity contribution in [2.45, 2.75) is 19.5 Å². The summed E-state index contributed by atoms with van der Waals surface area (Å²) in [6.45, 7) is 2.53. The summed E-state index contributed by atoms with van der Waals surface area (Å²) in [6, 6.07) is 14.2. The Morgan fingerprint density at radius 1 is 1.12 bits per heavy atom. The Balaban J connectivity index is 1.55. The quantitative estimate of drug-likeness (QED) is 0.594. The zero-order valence-electron chi connectivity index (χ0n) is 14.1. The molecular weight excluding hydrogens is 328 g/mol. The van der Waals surface area contributed by atoms with Crippen molar-refractivity contribution < 1.29 is 0 Å². The highest BCUT2D eigenvalue weighted by molar-refractivity contribution is 5.58. The fourth-order valence-electron chi connectivity index (χ4n) is 3.55. The first-order valence-electron chi connectivity index (χ1n) is 8.69. The third kappa shape index (κ3) is 2.53. The molecule has 3 aromatic heterocycles. The molecule has 0 amide bonds. The lowest BCUT2D eigenvalue weighted by molar-refractivity contribution is 0.243. The number of benzene rings is 1. The van der Waals surface area contributed by atoms with Crippen LogP contribution < -0.4 is 5.69 Å². The van der Waals surface area contributed by atoms with Gasteiger partial charge in [0, 0.05) is 43.5 Å². The zero-order chi connectivity index (χ0) is 17.5. The number of rotatable bonds is 3. The minimum Gasteiger partial charge on any atom is -0.359 e. The summed E-state index contributed by atoms with van der Waals surface area (Å²) < 4.78 is 1.38. The van der Waals surface area contributed by atoms with Crippen molar-refractivity contribution in [2.24, 2.45) is 0 Å². The summed E-state index contributed by atoms with van der Waals surface area (Å²) in [7, 11) is 0. The minimum atomic E-state index is -0.236. The molecule has 26 heavy (non-hydrogen) atoms. The molecule has 0 atom stereocenters. The van der Waals surface area contributed by atoms with Crippen LogP contribution >= 0.6 is 0 Å². The number of fused-ring (bicyclic) bond motifs is 3. The van der Waals surface area contributed by atoms with Gasteiger partial charge < -0.3 is 9.97 Å². The topological polar surface area (TPSA) is 82.1 Å². The van der Waals surface area contributed by atoms with Gasteiger partial charge in [0.1, 0.15) is 0 Å². The summed E-state index contributed by atoms with van der Waals surface area (Å²) in [5.41, 5.74) is 4.52. The molecule has 2 N–H and O–H groups in total. The van der Waals surface area contributed by atoms with Crippen LogP contribution in [0.25, 0.3) is 17.2 Å². The normalized spacial score (nSPS) is 14.6. The molecule has 1 aliphatic rings. The van der Waals surface area contributed by atoms with Crippen molar-refractivity contribution in [3.63, 3.8) is 0 Å². The van der Waals surface area contributed by atoms with E-state index < -0.39 is 0 Å². The van der Waals surface area contributed by atoms with Crippen LogP contribution in [0.1, 0.15) is 16.8 Å². The average Bonchev–Trinajstić information content (AvgIpc) is 3.33. The number of nitrogens with zero attached hydrogens (tertiary/aromatic N) is 4. The van der Waals surface area contributed by atoms with Crippen LogP contribution in [0.15, 0.2) is 53.5 Å². The van der Waals surface area contributed by atoms with E-state index in [-0.39, 0.29) is 5.69 Å². The first kappa shape index (κ1) is 15.1. The van der Waals surface area contributed by atoms with Crippen LogP contribution in [-0.4, -0.2) is 36.0 Å². The van der Waals surface area contributed by atoms with Crippen LogP contribution in [0.4, 0.5) is 0 Å². The first-order chi connectivity index (χ1) is 12.8. The largest absolute Gasteiger partial charge is 0.359 e. The molecule has 0 fully saturated rings. The van der Waals surface area contributed by atoms with Crippen molar-refractivity contribution in [2.75, 3.05) is 6.54 Å². The highest BCUT2D eigenvalue weighted by Gasteiger charge is 2.23. The predicted octanol–water partition coefficient (Wildman–Crippen LogP) is 1.97. The van der Waals surface area contributed by atoms with Crippen molar-refractivity contribution in [1.29, 1.82) is 0 Å². The Hall–Kier alpha value is -3.19. The van der Waals surface area contributed by atoms with E-state index in [2.05, 4.69) is 49.2 Å². The second-order valence-electron chi connectivity index (χ2n) is 6.59. The Bertz CT molecular complexity index is 1110. The summed E-state index contributed by atoms with van der Waals surface area (Å²) in [5, 5.41) is 4.38. The smallest absolute Gasteiger partial charge is 0.348 e. The number of hydrogen-bond donors (Lipinski definition) is 2. The molecule has 4 aromatic rings. The van der Waals surface area contributed by atoms with E-state index in [1.807, 2.05) is 24.4 Å². The molecule has 7 heteroatoms. The van der Waals surface area contributed by atoms with Crippen LogP contribution in [-0.2, 0) is 19.5 Å². The number of aromatic amines is 2. The molecule has 0 radical (unpaired) electrons. The van der Waals surface area contributed by atoms with Crippen molar-refractivity contribution in [3.05, 3.63) is 76.0 Å². The van der Waals surface area contributed by atoms with Gasteiger partial charge in [0.05, 0.1) is 5.69 Å². The van der Waals surface area contributed by atoms with Crippen LogP contribution in [0.2, 0.25) is 0 Å². The van der Waals surface area contributed by atoms with Gasteiger partial charge in [-0.25, -0.2) is 9.78 Å². The van der Waals surface area contributed by atoms with E-state index in [0.717, 1.165) is 43.0 Å². The van der Waals surface area contributed by atoms with Crippen LogP contribution in [0.5, 0.6) is 0 Å². The summed E-state index contributed by atoms with van der Waals surface area (Å²) in [6.07, 6.45) is 2.63. The molecule has 0 spiro atoms. The van der Waals surface area contributed by atoms with Gasteiger partial charge in [-0.3, -0.25) is 4.90 Å². The molecule has 1 aliphatic heterocycles. The average molecular weight is 346 g/mol. The Kier molecular flexibility index (Phi) is 3.46. The second-order valence-corrected chi connectivity index (χ2v) is 6.59. The van der Waals surface area contributed by atoms with E-state index >= 15 is 0 Å². The van der Waals surface area contributed by atoms with Crippen molar-refractivity contribution in [3.8, 4) is 11.5 Å². The lowest BCUT2D eigenvalue weighted by atomic mass is 10.1. The monoisotopic (exact) mass is 346 g/mol. The molecule has 130 valence electrons. The van der Waals surface area contributed by atoms with Gasteiger partial charge in [-0.05, 0) is 17.7 Å². The molecule has 4 heterocycles. The maximum atomic E-state index is 12.4. The second kappa shape index (κ2) is 5.96.